The van der Waals surface area contributed by atoms with Crippen LogP contribution in [0.5, 0.6) is 5.75 Å². The number of pyridine rings is 1. The van der Waals surface area contributed by atoms with Crippen LogP contribution in [0.15, 0.2) is 23.3 Å². The van der Waals surface area contributed by atoms with Gasteiger partial charge in [-0.2, -0.15) is 0 Å². The van der Waals surface area contributed by atoms with Crippen molar-refractivity contribution in [2.24, 2.45) is 4.99 Å². The number of aromatic nitrogens is 1. The van der Waals surface area contributed by atoms with Gasteiger partial charge in [-0.15, -0.1) is 0 Å². The van der Waals surface area contributed by atoms with Gasteiger partial charge in [-0.05, 0) is 26.0 Å². The van der Waals surface area contributed by atoms with Crippen molar-refractivity contribution >= 4 is 18.2 Å². The molecule has 0 saturated carbocycles. The zero-order chi connectivity index (χ0) is 15.5. The maximum atomic E-state index is 10.1. The summed E-state index contributed by atoms with van der Waals surface area (Å²) in [5.74, 6) is 0.432. The minimum Gasteiger partial charge on any atom is -0.504 e. The van der Waals surface area contributed by atoms with E-state index >= 15 is 0 Å². The number of aliphatic imine (C=N–C) groups is 1. The largest absolute Gasteiger partial charge is 0.504 e. The zero-order valence-corrected chi connectivity index (χ0v) is 12.3. The van der Waals surface area contributed by atoms with Gasteiger partial charge in [0.05, 0.1) is 6.34 Å². The fourth-order valence-electron chi connectivity index (χ4n) is 1.15. The fourth-order valence-corrected chi connectivity index (χ4v) is 1.15. The molecular formula is C13H22N4O3. The van der Waals surface area contributed by atoms with Crippen LogP contribution in [0, 0.1) is 0 Å². The lowest BCUT2D eigenvalue weighted by Crippen LogP contribution is -2.28. The number of amides is 1. The van der Waals surface area contributed by atoms with Crippen LogP contribution in [0.3, 0.4) is 0 Å². The molecule has 1 amide bonds. The molecule has 1 heterocycles. The predicted octanol–water partition coefficient (Wildman–Crippen LogP) is 2.01. The molecule has 20 heavy (non-hydrogen) atoms. The van der Waals surface area contributed by atoms with Gasteiger partial charge >= 0.3 is 6.09 Å². The molecule has 0 aromatic carbocycles. The average Bonchev–Trinajstić information content (AvgIpc) is 2.39. The van der Waals surface area contributed by atoms with Crippen molar-refractivity contribution in [3.8, 4) is 5.75 Å². The second kappa shape index (κ2) is 9.60. The SMILES string of the molecule is CCN(CC)C(=O)O.CN(C)C=Nc1ncccc1O. The van der Waals surface area contributed by atoms with Gasteiger partial charge in [-0.25, -0.2) is 14.8 Å². The Morgan fingerprint density at radius 1 is 1.40 bits per heavy atom. The van der Waals surface area contributed by atoms with Crippen molar-refractivity contribution < 1.29 is 15.0 Å². The first-order chi connectivity index (χ1) is 9.42. The second-order valence-electron chi connectivity index (χ2n) is 4.01. The van der Waals surface area contributed by atoms with Crippen molar-refractivity contribution in [3.05, 3.63) is 18.3 Å². The highest BCUT2D eigenvalue weighted by molar-refractivity contribution is 5.64. The van der Waals surface area contributed by atoms with Crippen LogP contribution in [0.2, 0.25) is 0 Å². The maximum absolute atomic E-state index is 10.1. The zero-order valence-electron chi connectivity index (χ0n) is 12.3. The van der Waals surface area contributed by atoms with Crippen LogP contribution in [-0.2, 0) is 0 Å². The number of nitrogens with zero attached hydrogens (tertiary/aromatic N) is 4. The minimum atomic E-state index is -0.838. The van der Waals surface area contributed by atoms with Gasteiger partial charge in [0.1, 0.15) is 0 Å². The molecule has 0 atom stereocenters. The van der Waals surface area contributed by atoms with E-state index in [1.165, 1.54) is 4.90 Å². The molecule has 1 rings (SSSR count). The monoisotopic (exact) mass is 282 g/mol. The van der Waals surface area contributed by atoms with Crippen molar-refractivity contribution in [2.45, 2.75) is 13.8 Å². The van der Waals surface area contributed by atoms with Crippen LogP contribution in [0.25, 0.3) is 0 Å². The predicted molar refractivity (Wildman–Crippen MR) is 78.7 cm³/mol. The molecule has 2 N–H and O–H groups in total. The number of carbonyl (C=O) groups is 1. The van der Waals surface area contributed by atoms with Crippen LogP contribution in [0.1, 0.15) is 13.8 Å². The van der Waals surface area contributed by atoms with E-state index in [0.717, 1.165) is 0 Å². The van der Waals surface area contributed by atoms with Gasteiger partial charge < -0.3 is 20.0 Å². The summed E-state index contributed by atoms with van der Waals surface area (Å²) < 4.78 is 0. The number of carboxylic acid groups (broad SMARTS) is 1. The molecule has 0 bridgehead atoms. The Morgan fingerprint density at radius 3 is 2.35 bits per heavy atom. The summed E-state index contributed by atoms with van der Waals surface area (Å²) in [6.07, 6.45) is 2.33. The molecule has 1 aromatic rings. The van der Waals surface area contributed by atoms with Crippen LogP contribution < -0.4 is 0 Å². The summed E-state index contributed by atoms with van der Waals surface area (Å²) in [6, 6.07) is 3.21. The molecule has 7 nitrogen and oxygen atoms in total. The van der Waals surface area contributed by atoms with Gasteiger partial charge in [-0.3, -0.25) is 0 Å². The highest BCUT2D eigenvalue weighted by Crippen LogP contribution is 2.20. The Kier molecular flexibility index (Phi) is 8.49. The smallest absolute Gasteiger partial charge is 0.407 e. The Labute approximate surface area is 119 Å². The van der Waals surface area contributed by atoms with Gasteiger partial charge in [-0.1, -0.05) is 0 Å². The lowest BCUT2D eigenvalue weighted by atomic mass is 10.4. The molecule has 0 aliphatic heterocycles. The summed E-state index contributed by atoms with van der Waals surface area (Å²) in [6.45, 7) is 4.78. The summed E-state index contributed by atoms with van der Waals surface area (Å²) in [5, 5.41) is 17.5. The highest BCUT2D eigenvalue weighted by Gasteiger charge is 2.03. The quantitative estimate of drug-likeness (QED) is 0.651. The van der Waals surface area contributed by atoms with Crippen LogP contribution in [-0.4, -0.2) is 64.6 Å². The maximum Gasteiger partial charge on any atom is 0.407 e. The molecule has 0 radical (unpaired) electrons. The van der Waals surface area contributed by atoms with E-state index < -0.39 is 6.09 Å². The van der Waals surface area contributed by atoms with E-state index in [2.05, 4.69) is 9.98 Å². The lowest BCUT2D eigenvalue weighted by Gasteiger charge is -2.12. The standard InChI is InChI=1S/C8H11N3O.C5H11NO2/c1-11(2)6-10-8-7(12)4-3-5-9-8;1-3-6(4-2)5(7)8/h3-6,12H,1-2H3;3-4H2,1-2H3,(H,7,8). The summed E-state index contributed by atoms with van der Waals surface area (Å²) in [5.41, 5.74) is 0. The molecule has 1 aromatic heterocycles. The molecule has 0 saturated heterocycles. The van der Waals surface area contributed by atoms with Crippen LogP contribution >= 0.6 is 0 Å². The van der Waals surface area contributed by atoms with Gasteiger partial charge in [0.15, 0.2) is 11.6 Å². The number of hydrogen-bond donors (Lipinski definition) is 2. The lowest BCUT2D eigenvalue weighted by molar-refractivity contribution is 0.150. The topological polar surface area (TPSA) is 89.3 Å². The highest BCUT2D eigenvalue weighted by atomic mass is 16.4. The first-order valence-electron chi connectivity index (χ1n) is 6.24. The van der Waals surface area contributed by atoms with Crippen molar-refractivity contribution in [2.75, 3.05) is 27.2 Å². The van der Waals surface area contributed by atoms with E-state index in [-0.39, 0.29) is 5.75 Å². The Morgan fingerprint density at radius 2 is 2.00 bits per heavy atom. The third kappa shape index (κ3) is 7.20. The van der Waals surface area contributed by atoms with Crippen LogP contribution in [0.4, 0.5) is 10.6 Å². The summed E-state index contributed by atoms with van der Waals surface area (Å²) in [7, 11) is 3.70. The van der Waals surface area contributed by atoms with Gasteiger partial charge in [0.2, 0.25) is 0 Å². The molecule has 0 spiro atoms. The second-order valence-corrected chi connectivity index (χ2v) is 4.01. The fraction of sp³-hybridized carbons (Fsp3) is 0.462. The molecule has 7 heteroatoms. The van der Waals surface area contributed by atoms with E-state index in [1.807, 2.05) is 27.9 Å². The molecule has 0 unspecified atom stereocenters. The van der Waals surface area contributed by atoms with Gasteiger partial charge in [0, 0.05) is 33.4 Å². The summed E-state index contributed by atoms with van der Waals surface area (Å²) >= 11 is 0. The number of aromatic hydroxyl groups is 1. The average molecular weight is 282 g/mol. The van der Waals surface area contributed by atoms with Gasteiger partial charge in [0.25, 0.3) is 0 Å². The number of hydrogen-bond acceptors (Lipinski definition) is 4. The summed E-state index contributed by atoms with van der Waals surface area (Å²) in [4.78, 5) is 21.0. The third-order valence-electron chi connectivity index (χ3n) is 2.21. The van der Waals surface area contributed by atoms with Crippen molar-refractivity contribution in [1.29, 1.82) is 0 Å². The third-order valence-corrected chi connectivity index (χ3v) is 2.21. The minimum absolute atomic E-state index is 0.0931. The normalized spacial score (nSPS) is 9.80. The molecular weight excluding hydrogens is 260 g/mol. The van der Waals surface area contributed by atoms with Crippen molar-refractivity contribution in [1.82, 2.24) is 14.8 Å². The number of rotatable bonds is 4. The van der Waals surface area contributed by atoms with E-state index in [9.17, 15) is 9.90 Å². The first-order valence-corrected chi connectivity index (χ1v) is 6.24. The molecule has 0 aliphatic carbocycles. The molecule has 112 valence electrons. The Balaban J connectivity index is 0.000000396. The van der Waals surface area contributed by atoms with E-state index in [0.29, 0.717) is 18.9 Å². The van der Waals surface area contributed by atoms with Crippen molar-refractivity contribution in [3.63, 3.8) is 0 Å². The molecule has 0 fully saturated rings. The van der Waals surface area contributed by atoms with E-state index in [4.69, 9.17) is 5.11 Å². The Bertz CT molecular complexity index is 431. The first kappa shape index (κ1) is 17.7. The Hall–Kier alpha value is -2.31. The molecule has 0 aliphatic rings. The van der Waals surface area contributed by atoms with E-state index in [1.54, 1.807) is 29.6 Å².